The van der Waals surface area contributed by atoms with Gasteiger partial charge in [0.1, 0.15) is 0 Å². The average Bonchev–Trinajstić information content (AvgIpc) is 2.96. The number of carbonyl (C=O) groups excluding carboxylic acids is 1. The van der Waals surface area contributed by atoms with Crippen LogP contribution in [0.1, 0.15) is 46.0 Å². The third kappa shape index (κ3) is 2.56. The summed E-state index contributed by atoms with van der Waals surface area (Å²) in [5.74, 6) is 2.51. The maximum absolute atomic E-state index is 12.2. The topological polar surface area (TPSA) is 32.3 Å². The Morgan fingerprint density at radius 2 is 1.72 bits per heavy atom. The van der Waals surface area contributed by atoms with Crippen molar-refractivity contribution in [3.63, 3.8) is 0 Å². The number of nitrogens with zero attached hydrogens (tertiary/aromatic N) is 1. The molecule has 0 spiro atoms. The van der Waals surface area contributed by atoms with E-state index in [1.54, 1.807) is 0 Å². The highest BCUT2D eigenvalue weighted by atomic mass is 16.1. The van der Waals surface area contributed by atoms with Crippen molar-refractivity contribution in [2.24, 2.45) is 17.8 Å². The second-order valence-electron chi connectivity index (χ2n) is 6.84. The van der Waals surface area contributed by atoms with Crippen LogP contribution in [0.5, 0.6) is 0 Å². The summed E-state index contributed by atoms with van der Waals surface area (Å²) in [7, 11) is 0. The number of rotatable bonds is 3. The highest BCUT2D eigenvalue weighted by Gasteiger charge is 2.48. The standard InChI is InChI=1S/C15H26N2O/c1-10(2)17-5-3-14(4-6-17)16-15(18)13-8-11-7-12(11)9-13/h10-14H,3-9H2,1-2H3,(H,16,18). The van der Waals surface area contributed by atoms with Crippen LogP contribution in [0, 0.1) is 17.8 Å². The van der Waals surface area contributed by atoms with Crippen molar-refractivity contribution in [3.8, 4) is 0 Å². The van der Waals surface area contributed by atoms with Crippen molar-refractivity contribution < 1.29 is 4.79 Å². The van der Waals surface area contributed by atoms with Crippen LogP contribution in [-0.2, 0) is 4.79 Å². The molecular weight excluding hydrogens is 224 g/mol. The van der Waals surface area contributed by atoms with Gasteiger partial charge in [-0.25, -0.2) is 0 Å². The lowest BCUT2D eigenvalue weighted by molar-refractivity contribution is -0.126. The van der Waals surface area contributed by atoms with Crippen molar-refractivity contribution in [1.82, 2.24) is 10.2 Å². The van der Waals surface area contributed by atoms with E-state index in [-0.39, 0.29) is 0 Å². The Morgan fingerprint density at radius 1 is 1.11 bits per heavy atom. The van der Waals surface area contributed by atoms with Gasteiger partial charge in [0.2, 0.25) is 5.91 Å². The minimum Gasteiger partial charge on any atom is -0.353 e. The van der Waals surface area contributed by atoms with Gasteiger partial charge in [-0.1, -0.05) is 0 Å². The van der Waals surface area contributed by atoms with Crippen LogP contribution in [0.25, 0.3) is 0 Å². The molecule has 0 aromatic carbocycles. The van der Waals surface area contributed by atoms with Gasteiger partial charge in [-0.05, 0) is 57.8 Å². The summed E-state index contributed by atoms with van der Waals surface area (Å²) in [5, 5.41) is 3.30. The first-order chi connectivity index (χ1) is 8.63. The molecule has 0 aromatic rings. The minimum atomic E-state index is 0.344. The molecule has 3 aliphatic rings. The molecule has 1 heterocycles. The predicted octanol–water partition coefficient (Wildman–Crippen LogP) is 2.02. The Bertz CT molecular complexity index is 310. The van der Waals surface area contributed by atoms with Gasteiger partial charge in [-0.2, -0.15) is 0 Å². The molecule has 3 nitrogen and oxygen atoms in total. The zero-order valence-corrected chi connectivity index (χ0v) is 11.7. The van der Waals surface area contributed by atoms with Gasteiger partial charge < -0.3 is 10.2 Å². The quantitative estimate of drug-likeness (QED) is 0.831. The summed E-state index contributed by atoms with van der Waals surface area (Å²) < 4.78 is 0. The molecule has 0 bridgehead atoms. The van der Waals surface area contributed by atoms with Crippen LogP contribution in [0.15, 0.2) is 0 Å². The smallest absolute Gasteiger partial charge is 0.223 e. The number of piperidine rings is 1. The molecule has 1 saturated heterocycles. The van der Waals surface area contributed by atoms with E-state index >= 15 is 0 Å². The maximum atomic E-state index is 12.2. The second-order valence-corrected chi connectivity index (χ2v) is 6.84. The van der Waals surface area contributed by atoms with Crippen LogP contribution >= 0.6 is 0 Å². The van der Waals surface area contributed by atoms with Crippen molar-refractivity contribution in [3.05, 3.63) is 0 Å². The second kappa shape index (κ2) is 4.84. The minimum absolute atomic E-state index is 0.344. The Kier molecular flexibility index (Phi) is 3.35. The van der Waals surface area contributed by atoms with Crippen molar-refractivity contribution in [1.29, 1.82) is 0 Å². The molecule has 2 aliphatic carbocycles. The van der Waals surface area contributed by atoms with Gasteiger partial charge in [-0.15, -0.1) is 0 Å². The van der Waals surface area contributed by atoms with Crippen molar-refractivity contribution in [2.45, 2.75) is 58.0 Å². The van der Waals surface area contributed by atoms with Gasteiger partial charge in [0, 0.05) is 31.1 Å². The summed E-state index contributed by atoms with van der Waals surface area (Å²) in [5.41, 5.74) is 0. The molecule has 3 heteroatoms. The molecule has 1 amide bonds. The van der Waals surface area contributed by atoms with E-state index in [1.807, 2.05) is 0 Å². The van der Waals surface area contributed by atoms with Crippen LogP contribution in [0.2, 0.25) is 0 Å². The SMILES string of the molecule is CC(C)N1CCC(NC(=O)C2CC3CC3C2)CC1. The fourth-order valence-electron chi connectivity index (χ4n) is 3.81. The van der Waals surface area contributed by atoms with E-state index in [0.717, 1.165) is 37.8 Å². The molecule has 0 aromatic heterocycles. The summed E-state index contributed by atoms with van der Waals surface area (Å²) in [4.78, 5) is 14.7. The van der Waals surface area contributed by atoms with E-state index in [2.05, 4.69) is 24.1 Å². The van der Waals surface area contributed by atoms with Crippen LogP contribution in [-0.4, -0.2) is 36.0 Å². The zero-order valence-electron chi connectivity index (χ0n) is 11.7. The number of fused-ring (bicyclic) bond motifs is 1. The highest BCUT2D eigenvalue weighted by Crippen LogP contribution is 2.54. The van der Waals surface area contributed by atoms with E-state index in [0.29, 0.717) is 23.9 Å². The molecule has 2 unspecified atom stereocenters. The van der Waals surface area contributed by atoms with Gasteiger partial charge in [-0.3, -0.25) is 4.79 Å². The fraction of sp³-hybridized carbons (Fsp3) is 0.933. The third-order valence-electron chi connectivity index (χ3n) is 5.22. The maximum Gasteiger partial charge on any atom is 0.223 e. The monoisotopic (exact) mass is 250 g/mol. The number of carbonyl (C=O) groups is 1. The van der Waals surface area contributed by atoms with Gasteiger partial charge in [0.05, 0.1) is 0 Å². The van der Waals surface area contributed by atoms with Crippen LogP contribution in [0.4, 0.5) is 0 Å². The molecule has 3 fully saturated rings. The van der Waals surface area contributed by atoms with Crippen LogP contribution < -0.4 is 5.32 Å². The first kappa shape index (κ1) is 12.5. The summed E-state index contributed by atoms with van der Waals surface area (Å²) in [6.45, 7) is 6.78. The fourth-order valence-corrected chi connectivity index (χ4v) is 3.81. The lowest BCUT2D eigenvalue weighted by atomic mass is 9.99. The predicted molar refractivity (Wildman–Crippen MR) is 72.2 cm³/mol. The largest absolute Gasteiger partial charge is 0.353 e. The van der Waals surface area contributed by atoms with Gasteiger partial charge in [0.15, 0.2) is 0 Å². The highest BCUT2D eigenvalue weighted by molar-refractivity contribution is 5.79. The molecule has 18 heavy (non-hydrogen) atoms. The Balaban J connectivity index is 1.42. The Hall–Kier alpha value is -0.570. The number of likely N-dealkylation sites (tertiary alicyclic amines) is 1. The summed E-state index contributed by atoms with van der Waals surface area (Å²) >= 11 is 0. The molecular formula is C15H26N2O. The van der Waals surface area contributed by atoms with E-state index < -0.39 is 0 Å². The van der Waals surface area contributed by atoms with E-state index in [1.165, 1.54) is 19.3 Å². The molecule has 2 atom stereocenters. The molecule has 3 rings (SSSR count). The lowest BCUT2D eigenvalue weighted by Gasteiger charge is -2.35. The summed E-state index contributed by atoms with van der Waals surface area (Å²) in [6, 6.07) is 1.08. The zero-order chi connectivity index (χ0) is 12.7. The molecule has 1 aliphatic heterocycles. The first-order valence-corrected chi connectivity index (χ1v) is 7.68. The number of amides is 1. The lowest BCUT2D eigenvalue weighted by Crippen LogP contribution is -2.47. The Labute approximate surface area is 110 Å². The molecule has 2 saturated carbocycles. The number of hydrogen-bond donors (Lipinski definition) is 1. The Morgan fingerprint density at radius 3 is 2.28 bits per heavy atom. The normalized spacial score (nSPS) is 36.7. The average molecular weight is 250 g/mol. The first-order valence-electron chi connectivity index (χ1n) is 7.68. The third-order valence-corrected chi connectivity index (χ3v) is 5.22. The molecule has 102 valence electrons. The van der Waals surface area contributed by atoms with Crippen molar-refractivity contribution >= 4 is 5.91 Å². The summed E-state index contributed by atoms with van der Waals surface area (Å²) in [6.07, 6.45) is 5.99. The molecule has 1 N–H and O–H groups in total. The number of nitrogens with one attached hydrogen (secondary N) is 1. The van der Waals surface area contributed by atoms with Crippen molar-refractivity contribution in [2.75, 3.05) is 13.1 Å². The van der Waals surface area contributed by atoms with Crippen LogP contribution in [0.3, 0.4) is 0 Å². The van der Waals surface area contributed by atoms with E-state index in [9.17, 15) is 4.79 Å². The number of hydrogen-bond acceptors (Lipinski definition) is 2. The van der Waals surface area contributed by atoms with Gasteiger partial charge >= 0.3 is 0 Å². The molecule has 0 radical (unpaired) electrons. The van der Waals surface area contributed by atoms with E-state index in [4.69, 9.17) is 0 Å². The van der Waals surface area contributed by atoms with Gasteiger partial charge in [0.25, 0.3) is 0 Å².